The SMILES string of the molecule is Cl.Cl.Oc1ccc(N2CCCC2)cc1N1CCOCC1. The van der Waals surface area contributed by atoms with E-state index in [9.17, 15) is 5.11 Å². The maximum atomic E-state index is 10.0. The van der Waals surface area contributed by atoms with Crippen molar-refractivity contribution in [1.82, 2.24) is 0 Å². The highest BCUT2D eigenvalue weighted by Gasteiger charge is 2.18. The van der Waals surface area contributed by atoms with Crippen molar-refractivity contribution in [3.05, 3.63) is 18.2 Å². The van der Waals surface area contributed by atoms with E-state index in [-0.39, 0.29) is 24.8 Å². The molecule has 1 aromatic carbocycles. The minimum absolute atomic E-state index is 0. The molecule has 2 saturated heterocycles. The van der Waals surface area contributed by atoms with Crippen LogP contribution < -0.4 is 9.80 Å². The van der Waals surface area contributed by atoms with Crippen LogP contribution >= 0.6 is 24.8 Å². The number of aromatic hydroxyl groups is 1. The zero-order chi connectivity index (χ0) is 12.4. The Morgan fingerprint density at radius 1 is 0.900 bits per heavy atom. The van der Waals surface area contributed by atoms with Gasteiger partial charge in [-0.2, -0.15) is 0 Å². The van der Waals surface area contributed by atoms with Crippen LogP contribution in [0, 0.1) is 0 Å². The van der Waals surface area contributed by atoms with Crippen molar-refractivity contribution in [2.75, 3.05) is 49.2 Å². The molecule has 20 heavy (non-hydrogen) atoms. The van der Waals surface area contributed by atoms with Crippen molar-refractivity contribution in [1.29, 1.82) is 0 Å². The molecule has 6 heteroatoms. The minimum atomic E-state index is 0. The van der Waals surface area contributed by atoms with Crippen LogP contribution in [-0.4, -0.2) is 44.5 Å². The number of benzene rings is 1. The molecule has 114 valence electrons. The zero-order valence-corrected chi connectivity index (χ0v) is 13.1. The number of rotatable bonds is 2. The van der Waals surface area contributed by atoms with Gasteiger partial charge in [0.25, 0.3) is 0 Å². The van der Waals surface area contributed by atoms with Gasteiger partial charge in [0.1, 0.15) is 5.75 Å². The third kappa shape index (κ3) is 3.62. The van der Waals surface area contributed by atoms with Gasteiger partial charge in [0.2, 0.25) is 0 Å². The van der Waals surface area contributed by atoms with Crippen LogP contribution in [0.4, 0.5) is 11.4 Å². The normalized spacial score (nSPS) is 18.4. The molecule has 0 saturated carbocycles. The lowest BCUT2D eigenvalue weighted by atomic mass is 10.2. The second-order valence-corrected chi connectivity index (χ2v) is 4.97. The van der Waals surface area contributed by atoms with Crippen LogP contribution in [0.1, 0.15) is 12.8 Å². The van der Waals surface area contributed by atoms with Crippen LogP contribution in [0.25, 0.3) is 0 Å². The van der Waals surface area contributed by atoms with Gasteiger partial charge >= 0.3 is 0 Å². The first kappa shape index (κ1) is 17.2. The highest BCUT2D eigenvalue weighted by molar-refractivity contribution is 5.85. The monoisotopic (exact) mass is 320 g/mol. The van der Waals surface area contributed by atoms with Crippen LogP contribution in [0.5, 0.6) is 5.75 Å². The van der Waals surface area contributed by atoms with E-state index in [0.717, 1.165) is 45.1 Å². The molecule has 0 amide bonds. The second kappa shape index (κ2) is 7.81. The van der Waals surface area contributed by atoms with Crippen molar-refractivity contribution in [3.8, 4) is 5.75 Å². The summed E-state index contributed by atoms with van der Waals surface area (Å²) in [6.07, 6.45) is 2.54. The second-order valence-electron chi connectivity index (χ2n) is 4.97. The van der Waals surface area contributed by atoms with E-state index in [0.29, 0.717) is 5.75 Å². The van der Waals surface area contributed by atoms with Gasteiger partial charge in [0.05, 0.1) is 18.9 Å². The molecule has 2 aliphatic rings. The van der Waals surface area contributed by atoms with Crippen molar-refractivity contribution >= 4 is 36.2 Å². The summed E-state index contributed by atoms with van der Waals surface area (Å²) in [7, 11) is 0. The molecular weight excluding hydrogens is 299 g/mol. The summed E-state index contributed by atoms with van der Waals surface area (Å²) in [6, 6.07) is 5.95. The number of anilines is 2. The number of halogens is 2. The predicted octanol–water partition coefficient (Wildman–Crippen LogP) is 2.67. The van der Waals surface area contributed by atoms with Gasteiger partial charge in [-0.05, 0) is 31.0 Å². The van der Waals surface area contributed by atoms with E-state index in [1.807, 2.05) is 12.1 Å². The zero-order valence-electron chi connectivity index (χ0n) is 11.5. The molecule has 0 radical (unpaired) electrons. The number of morpholine rings is 1. The van der Waals surface area contributed by atoms with Gasteiger partial charge in [-0.3, -0.25) is 0 Å². The lowest BCUT2D eigenvalue weighted by molar-refractivity contribution is 0.122. The fraction of sp³-hybridized carbons (Fsp3) is 0.571. The van der Waals surface area contributed by atoms with Gasteiger partial charge in [-0.1, -0.05) is 0 Å². The summed E-state index contributed by atoms with van der Waals surface area (Å²) in [5, 5.41) is 10.0. The molecule has 2 heterocycles. The largest absolute Gasteiger partial charge is 0.506 e. The lowest BCUT2D eigenvalue weighted by Crippen LogP contribution is -2.36. The molecule has 0 aromatic heterocycles. The van der Waals surface area contributed by atoms with Crippen LogP contribution in [0.15, 0.2) is 18.2 Å². The molecular formula is C14H22Cl2N2O2. The Balaban J connectivity index is 0.000001000. The minimum Gasteiger partial charge on any atom is -0.506 e. The molecule has 0 spiro atoms. The molecule has 0 aliphatic carbocycles. The molecule has 2 fully saturated rings. The van der Waals surface area contributed by atoms with Gasteiger partial charge in [-0.25, -0.2) is 0 Å². The van der Waals surface area contributed by atoms with Gasteiger partial charge in [0.15, 0.2) is 0 Å². The standard InChI is InChI=1S/C14H20N2O2.2ClH/c17-14-4-3-12(15-5-1-2-6-15)11-13(14)16-7-9-18-10-8-16;;/h3-4,11,17H,1-2,5-10H2;2*1H. The third-order valence-electron chi connectivity index (χ3n) is 3.78. The van der Waals surface area contributed by atoms with Gasteiger partial charge < -0.3 is 19.6 Å². The van der Waals surface area contributed by atoms with Gasteiger partial charge in [-0.15, -0.1) is 24.8 Å². The Kier molecular flexibility index (Phi) is 6.72. The molecule has 3 rings (SSSR count). The van der Waals surface area contributed by atoms with Crippen molar-refractivity contribution in [2.24, 2.45) is 0 Å². The lowest BCUT2D eigenvalue weighted by Gasteiger charge is -2.30. The van der Waals surface area contributed by atoms with E-state index in [1.165, 1.54) is 18.5 Å². The first-order valence-corrected chi connectivity index (χ1v) is 6.75. The summed E-state index contributed by atoms with van der Waals surface area (Å²) >= 11 is 0. The fourth-order valence-electron chi connectivity index (χ4n) is 2.74. The van der Waals surface area contributed by atoms with Crippen molar-refractivity contribution in [2.45, 2.75) is 12.8 Å². The van der Waals surface area contributed by atoms with E-state index < -0.39 is 0 Å². The van der Waals surface area contributed by atoms with Crippen molar-refractivity contribution in [3.63, 3.8) is 0 Å². The number of nitrogens with zero attached hydrogens (tertiary/aromatic N) is 2. The van der Waals surface area contributed by atoms with E-state index in [4.69, 9.17) is 4.74 Å². The highest BCUT2D eigenvalue weighted by atomic mass is 35.5. The number of hydrogen-bond acceptors (Lipinski definition) is 4. The molecule has 0 unspecified atom stereocenters. The first-order valence-electron chi connectivity index (χ1n) is 6.75. The topological polar surface area (TPSA) is 35.9 Å². The Morgan fingerprint density at radius 3 is 2.20 bits per heavy atom. The maximum Gasteiger partial charge on any atom is 0.139 e. The Hall–Kier alpha value is -0.840. The Morgan fingerprint density at radius 2 is 1.55 bits per heavy atom. The number of phenolic OH excluding ortho intramolecular Hbond substituents is 1. The smallest absolute Gasteiger partial charge is 0.139 e. The molecule has 1 N–H and O–H groups in total. The third-order valence-corrected chi connectivity index (χ3v) is 3.78. The van der Waals surface area contributed by atoms with Crippen molar-refractivity contribution < 1.29 is 9.84 Å². The molecule has 2 aliphatic heterocycles. The summed E-state index contributed by atoms with van der Waals surface area (Å²) in [5.41, 5.74) is 2.18. The fourth-order valence-corrected chi connectivity index (χ4v) is 2.74. The summed E-state index contributed by atoms with van der Waals surface area (Å²) in [4.78, 5) is 4.60. The van der Waals surface area contributed by atoms with E-state index in [1.54, 1.807) is 0 Å². The Bertz CT molecular complexity index is 420. The van der Waals surface area contributed by atoms with Crippen LogP contribution in [-0.2, 0) is 4.74 Å². The molecule has 1 aromatic rings. The summed E-state index contributed by atoms with van der Waals surface area (Å²) in [6.45, 7) is 5.47. The summed E-state index contributed by atoms with van der Waals surface area (Å²) < 4.78 is 5.36. The highest BCUT2D eigenvalue weighted by Crippen LogP contribution is 2.33. The number of phenols is 1. The quantitative estimate of drug-likeness (QED) is 0.908. The van der Waals surface area contributed by atoms with Crippen LogP contribution in [0.2, 0.25) is 0 Å². The molecule has 0 bridgehead atoms. The average Bonchev–Trinajstić information content (AvgIpc) is 2.94. The first-order chi connectivity index (χ1) is 8.84. The van der Waals surface area contributed by atoms with E-state index >= 15 is 0 Å². The Labute approximate surface area is 132 Å². The van der Waals surface area contributed by atoms with E-state index in [2.05, 4.69) is 15.9 Å². The average molecular weight is 321 g/mol. The van der Waals surface area contributed by atoms with Crippen LogP contribution in [0.3, 0.4) is 0 Å². The summed E-state index contributed by atoms with van der Waals surface area (Å²) in [5.74, 6) is 0.375. The molecule has 0 atom stereocenters. The molecule has 4 nitrogen and oxygen atoms in total. The number of ether oxygens (including phenoxy) is 1. The number of hydrogen-bond donors (Lipinski definition) is 1. The van der Waals surface area contributed by atoms with Gasteiger partial charge in [0, 0.05) is 31.9 Å². The maximum absolute atomic E-state index is 10.0. The predicted molar refractivity (Wildman–Crippen MR) is 87.1 cm³/mol.